The Bertz CT molecular complexity index is 577. The first-order valence-corrected chi connectivity index (χ1v) is 6.85. The summed E-state index contributed by atoms with van der Waals surface area (Å²) in [5, 5.41) is 8.91. The highest BCUT2D eigenvalue weighted by molar-refractivity contribution is 6.35. The van der Waals surface area contributed by atoms with E-state index in [9.17, 15) is 4.79 Å². The van der Waals surface area contributed by atoms with Crippen LogP contribution in [0.5, 0.6) is 0 Å². The zero-order valence-corrected chi connectivity index (χ0v) is 11.9. The lowest BCUT2D eigenvalue weighted by atomic mass is 10.2. The van der Waals surface area contributed by atoms with Crippen molar-refractivity contribution in [3.63, 3.8) is 0 Å². The van der Waals surface area contributed by atoms with E-state index < -0.39 is 0 Å². The minimum Gasteiger partial charge on any atom is -0.356 e. The molecule has 1 aromatic heterocycles. The predicted octanol–water partition coefficient (Wildman–Crippen LogP) is 2.85. The highest BCUT2D eigenvalue weighted by Gasteiger charge is 2.07. The summed E-state index contributed by atoms with van der Waals surface area (Å²) in [5.41, 5.74) is 1.03. The molecule has 1 heterocycles. The Kier molecular flexibility index (Phi) is 4.43. The molecule has 0 fully saturated rings. The van der Waals surface area contributed by atoms with Crippen molar-refractivity contribution in [1.29, 1.82) is 0 Å². The van der Waals surface area contributed by atoms with E-state index in [4.69, 9.17) is 11.6 Å². The summed E-state index contributed by atoms with van der Waals surface area (Å²) in [4.78, 5) is 11.4. The van der Waals surface area contributed by atoms with E-state index >= 15 is 0 Å². The van der Waals surface area contributed by atoms with Gasteiger partial charge in [-0.2, -0.15) is 5.10 Å². The molecule has 0 spiro atoms. The van der Waals surface area contributed by atoms with Crippen LogP contribution in [-0.2, 0) is 11.3 Å². The van der Waals surface area contributed by atoms with Crippen molar-refractivity contribution in [3.8, 4) is 0 Å². The number of hydrogen-bond acceptors (Lipinski definition) is 2. The van der Waals surface area contributed by atoms with E-state index in [1.165, 1.54) is 0 Å². The van der Waals surface area contributed by atoms with Crippen LogP contribution >= 0.6 is 11.6 Å². The molecule has 102 valence electrons. The van der Waals surface area contributed by atoms with Crippen molar-refractivity contribution in [2.24, 2.45) is 5.92 Å². The van der Waals surface area contributed by atoms with Gasteiger partial charge in [-0.15, -0.1) is 0 Å². The third-order valence-corrected chi connectivity index (χ3v) is 3.33. The van der Waals surface area contributed by atoms with Gasteiger partial charge in [0.2, 0.25) is 5.91 Å². The van der Waals surface area contributed by atoms with Gasteiger partial charge in [-0.1, -0.05) is 31.5 Å². The molecule has 0 aliphatic heterocycles. The zero-order valence-electron chi connectivity index (χ0n) is 11.2. The number of benzene rings is 1. The Hall–Kier alpha value is -1.55. The molecule has 19 heavy (non-hydrogen) atoms. The normalized spacial score (nSPS) is 11.2. The number of nitrogens with zero attached hydrogens (tertiary/aromatic N) is 2. The van der Waals surface area contributed by atoms with Crippen molar-refractivity contribution in [2.45, 2.75) is 26.8 Å². The molecule has 0 bridgehead atoms. The maximum Gasteiger partial charge on any atom is 0.222 e. The minimum absolute atomic E-state index is 0.0318. The fourth-order valence-corrected chi connectivity index (χ4v) is 2.11. The van der Waals surface area contributed by atoms with Gasteiger partial charge >= 0.3 is 0 Å². The van der Waals surface area contributed by atoms with Crippen LogP contribution in [0.15, 0.2) is 24.4 Å². The largest absolute Gasteiger partial charge is 0.356 e. The number of nitrogens with one attached hydrogen (secondary N) is 1. The number of halogens is 1. The van der Waals surface area contributed by atoms with Gasteiger partial charge in [-0.3, -0.25) is 9.48 Å². The molecule has 0 saturated heterocycles. The van der Waals surface area contributed by atoms with Crippen molar-refractivity contribution in [2.75, 3.05) is 6.54 Å². The van der Waals surface area contributed by atoms with Crippen LogP contribution < -0.4 is 5.32 Å². The number of carbonyl (C=O) groups is 1. The first kappa shape index (κ1) is 13.9. The SMILES string of the molecule is CC(C)C(=O)NCCCn1ncc2c(Cl)cccc21. The van der Waals surface area contributed by atoms with E-state index in [-0.39, 0.29) is 11.8 Å². The summed E-state index contributed by atoms with van der Waals surface area (Å²) in [6, 6.07) is 5.78. The highest BCUT2D eigenvalue weighted by Crippen LogP contribution is 2.22. The lowest BCUT2D eigenvalue weighted by Crippen LogP contribution is -2.29. The molecule has 4 nitrogen and oxygen atoms in total. The Balaban J connectivity index is 1.92. The smallest absolute Gasteiger partial charge is 0.222 e. The van der Waals surface area contributed by atoms with Crippen molar-refractivity contribution in [3.05, 3.63) is 29.4 Å². The van der Waals surface area contributed by atoms with Crippen LogP contribution in [0.3, 0.4) is 0 Å². The van der Waals surface area contributed by atoms with E-state index in [1.807, 2.05) is 36.7 Å². The van der Waals surface area contributed by atoms with Crippen LogP contribution in [0.1, 0.15) is 20.3 Å². The fraction of sp³-hybridized carbons (Fsp3) is 0.429. The van der Waals surface area contributed by atoms with E-state index in [2.05, 4.69) is 10.4 Å². The molecule has 2 aromatic rings. The highest BCUT2D eigenvalue weighted by atomic mass is 35.5. The molecule has 0 aliphatic carbocycles. The molecular formula is C14H18ClN3O. The van der Waals surface area contributed by atoms with Gasteiger partial charge in [0.15, 0.2) is 0 Å². The van der Waals surface area contributed by atoms with Crippen molar-refractivity contribution in [1.82, 2.24) is 15.1 Å². The summed E-state index contributed by atoms with van der Waals surface area (Å²) in [6.07, 6.45) is 2.63. The van der Waals surface area contributed by atoms with Gasteiger partial charge in [0.1, 0.15) is 0 Å². The molecule has 5 heteroatoms. The second kappa shape index (κ2) is 6.06. The molecule has 0 saturated carbocycles. The molecule has 0 unspecified atom stereocenters. The number of aromatic nitrogens is 2. The summed E-state index contributed by atoms with van der Waals surface area (Å²) in [5.74, 6) is 0.123. The van der Waals surface area contributed by atoms with Gasteiger partial charge in [-0.05, 0) is 18.6 Å². The maximum atomic E-state index is 11.4. The third-order valence-electron chi connectivity index (χ3n) is 3.00. The average Bonchev–Trinajstić information content (AvgIpc) is 2.79. The molecule has 0 radical (unpaired) electrons. The quantitative estimate of drug-likeness (QED) is 0.856. The number of amides is 1. The topological polar surface area (TPSA) is 46.9 Å². The standard InChI is InChI=1S/C14H18ClN3O/c1-10(2)14(19)16-7-4-8-18-13-6-3-5-12(15)11(13)9-17-18/h3,5-6,9-10H,4,7-8H2,1-2H3,(H,16,19). The molecule has 0 aliphatic rings. The summed E-state index contributed by atoms with van der Waals surface area (Å²) >= 11 is 6.10. The lowest BCUT2D eigenvalue weighted by molar-refractivity contribution is -0.123. The van der Waals surface area contributed by atoms with Crippen LogP contribution in [0.2, 0.25) is 5.02 Å². The van der Waals surface area contributed by atoms with Gasteiger partial charge in [0.25, 0.3) is 0 Å². The number of rotatable bonds is 5. The average molecular weight is 280 g/mol. The van der Waals surface area contributed by atoms with Crippen molar-refractivity contribution < 1.29 is 4.79 Å². The molecule has 1 N–H and O–H groups in total. The monoisotopic (exact) mass is 279 g/mol. The number of hydrogen-bond donors (Lipinski definition) is 1. The van der Waals surface area contributed by atoms with Crippen LogP contribution in [0, 0.1) is 5.92 Å². The zero-order chi connectivity index (χ0) is 13.8. The Morgan fingerprint density at radius 3 is 3.00 bits per heavy atom. The van der Waals surface area contributed by atoms with E-state index in [1.54, 1.807) is 6.20 Å². The Morgan fingerprint density at radius 2 is 2.26 bits per heavy atom. The Labute approximate surface area is 117 Å². The second-order valence-corrected chi connectivity index (χ2v) is 5.25. The van der Waals surface area contributed by atoms with Crippen molar-refractivity contribution >= 4 is 28.4 Å². The number of carbonyl (C=O) groups excluding carboxylic acids is 1. The predicted molar refractivity (Wildman–Crippen MR) is 77.2 cm³/mol. The number of fused-ring (bicyclic) bond motifs is 1. The van der Waals surface area contributed by atoms with Gasteiger partial charge < -0.3 is 5.32 Å². The first-order chi connectivity index (χ1) is 9.09. The van der Waals surface area contributed by atoms with E-state index in [0.29, 0.717) is 6.54 Å². The number of aryl methyl sites for hydroxylation is 1. The van der Waals surface area contributed by atoms with Crippen LogP contribution in [0.4, 0.5) is 0 Å². The molecule has 1 aromatic carbocycles. The van der Waals surface area contributed by atoms with Gasteiger partial charge in [0, 0.05) is 24.4 Å². The lowest BCUT2D eigenvalue weighted by Gasteiger charge is -2.08. The second-order valence-electron chi connectivity index (χ2n) is 4.84. The molecular weight excluding hydrogens is 262 g/mol. The first-order valence-electron chi connectivity index (χ1n) is 6.47. The van der Waals surface area contributed by atoms with Gasteiger partial charge in [0.05, 0.1) is 16.7 Å². The maximum absolute atomic E-state index is 11.4. The molecule has 2 rings (SSSR count). The van der Waals surface area contributed by atoms with Gasteiger partial charge in [-0.25, -0.2) is 0 Å². The summed E-state index contributed by atoms with van der Waals surface area (Å²) in [7, 11) is 0. The minimum atomic E-state index is 0.0318. The van der Waals surface area contributed by atoms with E-state index in [0.717, 1.165) is 28.9 Å². The van der Waals surface area contributed by atoms with Crippen LogP contribution in [-0.4, -0.2) is 22.2 Å². The fourth-order valence-electron chi connectivity index (χ4n) is 1.89. The summed E-state index contributed by atoms with van der Waals surface area (Å²) < 4.78 is 1.92. The third kappa shape index (κ3) is 3.26. The summed E-state index contributed by atoms with van der Waals surface area (Å²) in [6.45, 7) is 5.21. The van der Waals surface area contributed by atoms with Crippen LogP contribution in [0.25, 0.3) is 10.9 Å². The molecule has 1 amide bonds. The Morgan fingerprint density at radius 1 is 1.47 bits per heavy atom. The molecule has 0 atom stereocenters.